The lowest BCUT2D eigenvalue weighted by molar-refractivity contribution is 0.173. The van der Waals surface area contributed by atoms with Crippen molar-refractivity contribution in [3.05, 3.63) is 96.2 Å². The van der Waals surface area contributed by atoms with Crippen LogP contribution in [0.4, 0.5) is 20.4 Å². The molecule has 304 valence electrons. The molecule has 9 rings (SSSR count). The van der Waals surface area contributed by atoms with Gasteiger partial charge >= 0.3 is 12.2 Å². The number of benzene rings is 3. The van der Waals surface area contributed by atoms with Gasteiger partial charge in [0.15, 0.2) is 57.0 Å². The van der Waals surface area contributed by atoms with Crippen LogP contribution in [-0.4, -0.2) is 61.0 Å². The van der Waals surface area contributed by atoms with Gasteiger partial charge in [-0.2, -0.15) is 28.7 Å². The largest absolute Gasteiger partial charge is 0.454 e. The van der Waals surface area contributed by atoms with Crippen molar-refractivity contribution in [2.24, 2.45) is 14.1 Å². The third-order valence-corrected chi connectivity index (χ3v) is 12.1. The Hall–Kier alpha value is -4.88. The Morgan fingerprint density at radius 2 is 1.07 bits per heavy atom. The van der Waals surface area contributed by atoms with Gasteiger partial charge in [0, 0.05) is 44.8 Å². The van der Waals surface area contributed by atoms with E-state index in [0.717, 1.165) is 35.3 Å². The first-order chi connectivity index (χ1) is 27.0. The first-order valence-corrected chi connectivity index (χ1v) is 21.0. The topological polar surface area (TPSA) is 210 Å². The maximum absolute atomic E-state index is 13.4. The predicted molar refractivity (Wildman–Crippen MR) is 228 cm³/mol. The van der Waals surface area contributed by atoms with E-state index >= 15 is 0 Å². The molecule has 6 heterocycles. The molecule has 2 aliphatic rings. The van der Waals surface area contributed by atoms with Gasteiger partial charge in [-0.25, -0.2) is 18.4 Å². The fraction of sp³-hybridized carbons (Fsp3) is 0.222. The average molecular weight is 1060 g/mol. The number of aryl methyl sites for hydroxylation is 3. The van der Waals surface area contributed by atoms with Gasteiger partial charge in [-0.15, -0.1) is 0 Å². The van der Waals surface area contributed by atoms with E-state index in [0.29, 0.717) is 58.3 Å². The van der Waals surface area contributed by atoms with E-state index in [4.69, 9.17) is 41.1 Å². The molecule has 3 aromatic carbocycles. The molecule has 22 heteroatoms. The van der Waals surface area contributed by atoms with Crippen molar-refractivity contribution in [3.63, 3.8) is 0 Å². The normalized spacial score (nSPS) is 12.5. The Bertz CT molecular complexity index is 2660. The smallest absolute Gasteiger partial charge is 0.312 e. The zero-order chi connectivity index (χ0) is 40.8. The third kappa shape index (κ3) is 9.05. The SMILES string of the molecule is C.Cc1ccc(S(=O)(=O)Cl)cc1.Cn1c(Cc2cc3c(cc2I)OCO3)nc2c(N)nc(F)nc21.Cn1c(Cc2cc3c(cc2I)OCO3)nc2c(N)nc(F)nc21. The fourth-order valence-corrected chi connectivity index (χ4v) is 7.77. The summed E-state index contributed by atoms with van der Waals surface area (Å²) in [5, 5.41) is 0. The monoisotopic (exact) mass is 1060 g/mol. The summed E-state index contributed by atoms with van der Waals surface area (Å²) in [5.41, 5.74) is 16.1. The van der Waals surface area contributed by atoms with Crippen molar-refractivity contribution < 1.29 is 36.1 Å². The molecule has 0 spiro atoms. The quantitative estimate of drug-likeness (QED) is 0.106. The molecule has 0 saturated carbocycles. The lowest BCUT2D eigenvalue weighted by Crippen LogP contribution is -2.02. The molecule has 4 aromatic heterocycles. The van der Waals surface area contributed by atoms with E-state index in [2.05, 4.69) is 75.1 Å². The van der Waals surface area contributed by atoms with Crippen LogP contribution >= 0.6 is 55.9 Å². The molecule has 0 fully saturated rings. The van der Waals surface area contributed by atoms with E-state index in [9.17, 15) is 17.2 Å². The maximum atomic E-state index is 13.4. The van der Waals surface area contributed by atoms with Crippen molar-refractivity contribution in [1.82, 2.24) is 39.0 Å². The molecular weight excluding hydrogens is 1030 g/mol. The Morgan fingerprint density at radius 1 is 0.690 bits per heavy atom. The van der Waals surface area contributed by atoms with Gasteiger partial charge in [0.2, 0.25) is 13.6 Å². The molecule has 0 amide bonds. The summed E-state index contributed by atoms with van der Waals surface area (Å²) in [4.78, 5) is 23.6. The van der Waals surface area contributed by atoms with Gasteiger partial charge in [-0.1, -0.05) is 25.1 Å². The van der Waals surface area contributed by atoms with Crippen LogP contribution in [0.5, 0.6) is 23.0 Å². The number of ether oxygens (including phenoxy) is 4. The molecule has 0 bridgehead atoms. The van der Waals surface area contributed by atoms with Crippen molar-refractivity contribution in [3.8, 4) is 23.0 Å². The molecule has 16 nitrogen and oxygen atoms in total. The number of aromatic nitrogens is 8. The number of halogens is 5. The van der Waals surface area contributed by atoms with Crippen molar-refractivity contribution >= 4 is 98.9 Å². The lowest BCUT2D eigenvalue weighted by atomic mass is 10.1. The van der Waals surface area contributed by atoms with Crippen molar-refractivity contribution in [2.75, 3.05) is 25.1 Å². The molecule has 7 aromatic rings. The molecule has 0 saturated heterocycles. The molecular formula is C36H33ClF2I2N10O6S. The summed E-state index contributed by atoms with van der Waals surface area (Å²) in [7, 11) is 5.08. The zero-order valence-electron chi connectivity index (χ0n) is 29.9. The van der Waals surface area contributed by atoms with Crippen LogP contribution in [-0.2, 0) is 36.0 Å². The van der Waals surface area contributed by atoms with E-state index in [-0.39, 0.29) is 37.5 Å². The summed E-state index contributed by atoms with van der Waals surface area (Å²) in [5.74, 6) is 4.39. The van der Waals surface area contributed by atoms with E-state index in [1.807, 2.05) is 31.2 Å². The number of fused-ring (bicyclic) bond motifs is 4. The molecule has 2 aliphatic heterocycles. The highest BCUT2D eigenvalue weighted by atomic mass is 127. The van der Waals surface area contributed by atoms with Gasteiger partial charge in [-0.05, 0) is 99.6 Å². The fourth-order valence-electron chi connectivity index (χ4n) is 5.75. The zero-order valence-corrected chi connectivity index (χ0v) is 35.8. The summed E-state index contributed by atoms with van der Waals surface area (Å²) < 4.78 is 75.2. The Morgan fingerprint density at radius 3 is 1.45 bits per heavy atom. The number of nitrogens with two attached hydrogens (primary N) is 2. The van der Waals surface area contributed by atoms with E-state index in [1.165, 1.54) is 12.1 Å². The van der Waals surface area contributed by atoms with Gasteiger partial charge in [-0.3, -0.25) is 0 Å². The summed E-state index contributed by atoms with van der Waals surface area (Å²) in [6.45, 7) is 2.34. The van der Waals surface area contributed by atoms with Gasteiger partial charge in [0.1, 0.15) is 11.6 Å². The van der Waals surface area contributed by atoms with Crippen LogP contribution < -0.4 is 30.4 Å². The average Bonchev–Trinajstić information content (AvgIpc) is 3.93. The Labute approximate surface area is 362 Å². The second kappa shape index (κ2) is 17.1. The van der Waals surface area contributed by atoms with E-state index in [1.54, 1.807) is 35.4 Å². The van der Waals surface area contributed by atoms with Crippen molar-refractivity contribution in [1.29, 1.82) is 0 Å². The first kappa shape index (κ1) is 42.7. The van der Waals surface area contributed by atoms with Crippen LogP contribution in [0.25, 0.3) is 22.3 Å². The number of nitrogen functional groups attached to an aromatic ring is 2. The van der Waals surface area contributed by atoms with Gasteiger partial charge < -0.3 is 39.5 Å². The highest BCUT2D eigenvalue weighted by Gasteiger charge is 2.21. The molecule has 0 atom stereocenters. The van der Waals surface area contributed by atoms with Gasteiger partial charge in [0.05, 0.1) is 4.90 Å². The molecule has 0 radical (unpaired) electrons. The number of anilines is 2. The third-order valence-electron chi connectivity index (χ3n) is 8.70. The maximum Gasteiger partial charge on any atom is 0.312 e. The number of rotatable bonds is 5. The number of hydrogen-bond acceptors (Lipinski definition) is 14. The second-order valence-electron chi connectivity index (χ2n) is 12.5. The molecule has 4 N–H and O–H groups in total. The molecule has 0 aliphatic carbocycles. The van der Waals surface area contributed by atoms with Gasteiger partial charge in [0.25, 0.3) is 9.05 Å². The second-order valence-corrected chi connectivity index (χ2v) is 17.4. The minimum absolute atomic E-state index is 0. The minimum Gasteiger partial charge on any atom is -0.454 e. The minimum atomic E-state index is -3.55. The van der Waals surface area contributed by atoms with E-state index < -0.39 is 21.2 Å². The Kier molecular flexibility index (Phi) is 12.6. The van der Waals surface area contributed by atoms with Crippen LogP contribution in [0.15, 0.2) is 53.4 Å². The lowest BCUT2D eigenvalue weighted by Gasteiger charge is -2.06. The highest BCUT2D eigenvalue weighted by molar-refractivity contribution is 14.1. The first-order valence-electron chi connectivity index (χ1n) is 16.5. The summed E-state index contributed by atoms with van der Waals surface area (Å²) >= 11 is 4.47. The van der Waals surface area contributed by atoms with Crippen LogP contribution in [0.1, 0.15) is 35.8 Å². The highest BCUT2D eigenvalue weighted by Crippen LogP contribution is 2.37. The Balaban J connectivity index is 0.000000155. The predicted octanol–water partition coefficient (Wildman–Crippen LogP) is 6.58. The van der Waals surface area contributed by atoms with Crippen LogP contribution in [0.3, 0.4) is 0 Å². The number of hydrogen-bond donors (Lipinski definition) is 2. The van der Waals surface area contributed by atoms with Crippen LogP contribution in [0, 0.1) is 26.2 Å². The summed E-state index contributed by atoms with van der Waals surface area (Å²) in [6, 6.07) is 14.1. The number of imidazole rings is 2. The summed E-state index contributed by atoms with van der Waals surface area (Å²) in [6.07, 6.45) is -0.657. The van der Waals surface area contributed by atoms with Crippen LogP contribution in [0.2, 0.25) is 0 Å². The molecule has 58 heavy (non-hydrogen) atoms. The standard InChI is InChI=1S/2C14H11FIN5O2.C7H7ClO2S.CH4/c2*1-21-10(18-11-12(17)19-14(15)20-13(11)21)3-6-2-8-9(4-7(6)16)23-5-22-8;1-6-2-4-7(5-3-6)11(8,9)10;/h2*2,4H,3,5H2,1H3,(H2,17,19,20);2-5H,1H3;1H4. The number of nitrogens with zero attached hydrogens (tertiary/aromatic N) is 8. The van der Waals surface area contributed by atoms with Crippen molar-refractivity contribution in [2.45, 2.75) is 32.1 Å². The molecule has 0 unspecified atom stereocenters.